The molecule has 0 saturated carbocycles. The Hall–Kier alpha value is -2.15. The zero-order chi connectivity index (χ0) is 14.9. The van der Waals surface area contributed by atoms with Gasteiger partial charge in [-0.15, -0.1) is 0 Å². The van der Waals surface area contributed by atoms with Crippen LogP contribution in [0.5, 0.6) is 0 Å². The maximum absolute atomic E-state index is 13.6. The van der Waals surface area contributed by atoms with Gasteiger partial charge in [0.2, 0.25) is 0 Å². The predicted molar refractivity (Wildman–Crippen MR) is 87.1 cm³/mol. The van der Waals surface area contributed by atoms with Crippen molar-refractivity contribution >= 4 is 10.8 Å². The molecule has 0 fully saturated rings. The van der Waals surface area contributed by atoms with Crippen molar-refractivity contribution in [3.05, 3.63) is 83.7 Å². The van der Waals surface area contributed by atoms with Gasteiger partial charge < -0.3 is 0 Å². The summed E-state index contributed by atoms with van der Waals surface area (Å²) in [6.07, 6.45) is 0.925. The Kier molecular flexibility index (Phi) is 3.50. The second-order valence-corrected chi connectivity index (χ2v) is 5.76. The number of fused-ring (bicyclic) bond motifs is 1. The van der Waals surface area contributed by atoms with Crippen molar-refractivity contribution in [2.24, 2.45) is 0 Å². The van der Waals surface area contributed by atoms with Gasteiger partial charge in [0.05, 0.1) is 0 Å². The van der Waals surface area contributed by atoms with Crippen molar-refractivity contribution in [3.63, 3.8) is 0 Å². The first-order valence-electron chi connectivity index (χ1n) is 7.39. The molecule has 0 aromatic heterocycles. The van der Waals surface area contributed by atoms with Crippen LogP contribution in [0.3, 0.4) is 0 Å². The summed E-state index contributed by atoms with van der Waals surface area (Å²) >= 11 is 0. The van der Waals surface area contributed by atoms with E-state index in [2.05, 4.69) is 50.2 Å². The number of benzene rings is 3. The van der Waals surface area contributed by atoms with Gasteiger partial charge in [-0.25, -0.2) is 4.39 Å². The second kappa shape index (κ2) is 5.33. The molecule has 0 unspecified atom stereocenters. The van der Waals surface area contributed by atoms with E-state index in [-0.39, 0.29) is 11.2 Å². The van der Waals surface area contributed by atoms with Crippen molar-refractivity contribution in [1.82, 2.24) is 0 Å². The van der Waals surface area contributed by atoms with Crippen LogP contribution in [-0.2, 0) is 5.41 Å². The summed E-state index contributed by atoms with van der Waals surface area (Å²) in [7, 11) is 0. The van der Waals surface area contributed by atoms with Crippen molar-refractivity contribution < 1.29 is 4.39 Å². The zero-order valence-corrected chi connectivity index (χ0v) is 12.4. The Morgan fingerprint density at radius 3 is 2.24 bits per heavy atom. The molecule has 1 heteroatoms. The summed E-state index contributed by atoms with van der Waals surface area (Å²) in [5.41, 5.74) is 2.08. The van der Waals surface area contributed by atoms with Crippen LogP contribution in [0.25, 0.3) is 10.8 Å². The maximum Gasteiger partial charge on any atom is 0.123 e. The minimum atomic E-state index is -0.174. The van der Waals surface area contributed by atoms with Crippen molar-refractivity contribution in [2.45, 2.75) is 25.7 Å². The van der Waals surface area contributed by atoms with E-state index in [9.17, 15) is 4.39 Å². The average molecular weight is 278 g/mol. The highest BCUT2D eigenvalue weighted by molar-refractivity contribution is 5.83. The van der Waals surface area contributed by atoms with E-state index in [1.54, 1.807) is 12.1 Å². The van der Waals surface area contributed by atoms with Crippen LogP contribution in [0.15, 0.2) is 66.7 Å². The van der Waals surface area contributed by atoms with Crippen LogP contribution in [0.4, 0.5) is 4.39 Å². The lowest BCUT2D eigenvalue weighted by atomic mass is 9.74. The first-order chi connectivity index (χ1) is 10.1. The molecule has 3 aromatic rings. The first kappa shape index (κ1) is 13.8. The highest BCUT2D eigenvalue weighted by Crippen LogP contribution is 2.36. The van der Waals surface area contributed by atoms with Crippen LogP contribution in [0.1, 0.15) is 31.4 Å². The molecule has 0 saturated heterocycles. The smallest absolute Gasteiger partial charge is 0.123 e. The van der Waals surface area contributed by atoms with Crippen LogP contribution < -0.4 is 0 Å². The van der Waals surface area contributed by atoms with Crippen molar-refractivity contribution in [3.8, 4) is 0 Å². The van der Waals surface area contributed by atoms with Crippen LogP contribution in [0.2, 0.25) is 0 Å². The van der Waals surface area contributed by atoms with Gasteiger partial charge in [-0.05, 0) is 40.5 Å². The molecule has 0 radical (unpaired) electrons. The molecule has 3 aromatic carbocycles. The van der Waals surface area contributed by atoms with Gasteiger partial charge >= 0.3 is 0 Å². The van der Waals surface area contributed by atoms with Crippen LogP contribution >= 0.6 is 0 Å². The fraction of sp³-hybridized carbons (Fsp3) is 0.200. The van der Waals surface area contributed by atoms with Gasteiger partial charge in [-0.1, -0.05) is 68.4 Å². The van der Waals surface area contributed by atoms with Gasteiger partial charge in [0.15, 0.2) is 0 Å². The SMILES string of the molecule is CC[C@](C)(c1cccc(F)c1)c1ccc2ccccc2c1. The molecule has 106 valence electrons. The molecule has 0 spiro atoms. The molecule has 0 aliphatic rings. The molecule has 3 rings (SSSR count). The summed E-state index contributed by atoms with van der Waals surface area (Å²) in [5, 5.41) is 2.46. The minimum Gasteiger partial charge on any atom is -0.207 e. The molecule has 0 amide bonds. The van der Waals surface area contributed by atoms with Crippen molar-refractivity contribution in [1.29, 1.82) is 0 Å². The van der Waals surface area contributed by atoms with Gasteiger partial charge in [0.1, 0.15) is 5.82 Å². The summed E-state index contributed by atoms with van der Waals surface area (Å²) < 4.78 is 13.6. The molecule has 0 aliphatic heterocycles. The van der Waals surface area contributed by atoms with Gasteiger partial charge in [-0.2, -0.15) is 0 Å². The van der Waals surface area contributed by atoms with E-state index in [1.807, 2.05) is 12.1 Å². The molecule has 0 nitrogen and oxygen atoms in total. The molecule has 0 N–H and O–H groups in total. The monoisotopic (exact) mass is 278 g/mol. The Morgan fingerprint density at radius 1 is 0.810 bits per heavy atom. The summed E-state index contributed by atoms with van der Waals surface area (Å²) in [6.45, 7) is 4.34. The third-order valence-corrected chi connectivity index (χ3v) is 4.56. The average Bonchev–Trinajstić information content (AvgIpc) is 2.53. The molecule has 1 atom stereocenters. The number of halogens is 1. The highest BCUT2D eigenvalue weighted by Gasteiger charge is 2.27. The van der Waals surface area contributed by atoms with Crippen LogP contribution in [-0.4, -0.2) is 0 Å². The van der Waals surface area contributed by atoms with E-state index in [0.29, 0.717) is 0 Å². The normalized spacial score (nSPS) is 14.0. The summed E-state index contributed by atoms with van der Waals surface area (Å²) in [5.74, 6) is -0.173. The Balaban J connectivity index is 2.16. The van der Waals surface area contributed by atoms with E-state index in [0.717, 1.165) is 12.0 Å². The lowest BCUT2D eigenvalue weighted by molar-refractivity contribution is 0.541. The molecule has 0 aliphatic carbocycles. The molecular formula is C20H19F. The molecule has 0 bridgehead atoms. The maximum atomic E-state index is 13.6. The Labute approximate surface area is 125 Å². The quantitative estimate of drug-likeness (QED) is 0.577. The summed E-state index contributed by atoms with van der Waals surface area (Å²) in [6, 6.07) is 21.8. The third kappa shape index (κ3) is 2.44. The Bertz CT molecular complexity index is 775. The summed E-state index contributed by atoms with van der Waals surface area (Å²) in [4.78, 5) is 0. The zero-order valence-electron chi connectivity index (χ0n) is 12.4. The van der Waals surface area contributed by atoms with Gasteiger partial charge in [-0.3, -0.25) is 0 Å². The predicted octanol–water partition coefficient (Wildman–Crippen LogP) is 5.69. The third-order valence-electron chi connectivity index (χ3n) is 4.56. The fourth-order valence-corrected chi connectivity index (χ4v) is 2.94. The molecular weight excluding hydrogens is 259 g/mol. The number of hydrogen-bond donors (Lipinski definition) is 0. The topological polar surface area (TPSA) is 0 Å². The lowest BCUT2D eigenvalue weighted by Crippen LogP contribution is -2.22. The van der Waals surface area contributed by atoms with E-state index < -0.39 is 0 Å². The number of rotatable bonds is 3. The van der Waals surface area contributed by atoms with E-state index in [4.69, 9.17) is 0 Å². The number of hydrogen-bond acceptors (Lipinski definition) is 0. The van der Waals surface area contributed by atoms with Gasteiger partial charge in [0.25, 0.3) is 0 Å². The fourth-order valence-electron chi connectivity index (χ4n) is 2.94. The first-order valence-corrected chi connectivity index (χ1v) is 7.39. The van der Waals surface area contributed by atoms with Gasteiger partial charge in [0, 0.05) is 5.41 Å². The molecule has 21 heavy (non-hydrogen) atoms. The Morgan fingerprint density at radius 2 is 1.52 bits per heavy atom. The van der Waals surface area contributed by atoms with Crippen molar-refractivity contribution in [2.75, 3.05) is 0 Å². The highest BCUT2D eigenvalue weighted by atomic mass is 19.1. The van der Waals surface area contributed by atoms with E-state index in [1.165, 1.54) is 22.4 Å². The van der Waals surface area contributed by atoms with Crippen LogP contribution in [0, 0.1) is 5.82 Å². The lowest BCUT2D eigenvalue weighted by Gasteiger charge is -2.30. The standard InChI is InChI=1S/C20H19F/c1-3-20(2,17-9-6-10-19(21)14-17)18-12-11-15-7-4-5-8-16(15)13-18/h4-14H,3H2,1-2H3/t20-/m1/s1. The second-order valence-electron chi connectivity index (χ2n) is 5.76. The molecule has 0 heterocycles. The minimum absolute atomic E-state index is 0.173. The van der Waals surface area contributed by atoms with E-state index >= 15 is 0 Å². The largest absolute Gasteiger partial charge is 0.207 e.